The van der Waals surface area contributed by atoms with E-state index in [-0.39, 0.29) is 11.7 Å². The highest BCUT2D eigenvalue weighted by molar-refractivity contribution is 7.21. The molecule has 5 heterocycles. The van der Waals surface area contributed by atoms with Crippen LogP contribution in [-0.4, -0.2) is 85.2 Å². The van der Waals surface area contributed by atoms with Gasteiger partial charge in [-0.3, -0.25) is 9.69 Å². The zero-order valence-corrected chi connectivity index (χ0v) is 22.2. The van der Waals surface area contributed by atoms with Crippen LogP contribution in [0.15, 0.2) is 24.5 Å². The Labute approximate surface area is 220 Å². The molecule has 1 amide bonds. The Kier molecular flexibility index (Phi) is 6.73. The number of morpholine rings is 1. The number of hydrogen-bond acceptors (Lipinski definition) is 8. The highest BCUT2D eigenvalue weighted by Crippen LogP contribution is 2.44. The van der Waals surface area contributed by atoms with Crippen molar-refractivity contribution in [1.82, 2.24) is 19.8 Å². The van der Waals surface area contributed by atoms with Crippen molar-refractivity contribution in [3.8, 4) is 0 Å². The topological polar surface area (TPSA) is 73.8 Å². The lowest BCUT2D eigenvalue weighted by molar-refractivity contribution is -0.0117. The van der Waals surface area contributed by atoms with Gasteiger partial charge in [-0.1, -0.05) is 12.8 Å². The van der Waals surface area contributed by atoms with Crippen LogP contribution in [0, 0.1) is 5.82 Å². The van der Waals surface area contributed by atoms with Crippen LogP contribution in [-0.2, 0) is 4.74 Å². The summed E-state index contributed by atoms with van der Waals surface area (Å²) in [6.45, 7) is 5.06. The maximum Gasteiger partial charge on any atom is 0.263 e. The van der Waals surface area contributed by atoms with Gasteiger partial charge in [-0.15, -0.1) is 11.3 Å². The maximum absolute atomic E-state index is 15.2. The normalized spacial score (nSPS) is 20.8. The smallest absolute Gasteiger partial charge is 0.263 e. The molecule has 1 N–H and O–H groups in total. The molecule has 1 saturated carbocycles. The molecule has 6 rings (SSSR count). The van der Waals surface area contributed by atoms with E-state index in [9.17, 15) is 4.79 Å². The first kappa shape index (κ1) is 24.5. The first-order chi connectivity index (χ1) is 18.0. The average molecular weight is 525 g/mol. The third-order valence-electron chi connectivity index (χ3n) is 7.85. The van der Waals surface area contributed by atoms with Gasteiger partial charge >= 0.3 is 0 Å². The lowest BCUT2D eigenvalue weighted by Gasteiger charge is -2.44. The summed E-state index contributed by atoms with van der Waals surface area (Å²) in [4.78, 5) is 29.0. The van der Waals surface area contributed by atoms with E-state index in [1.807, 2.05) is 6.07 Å². The molecule has 0 aromatic carbocycles. The second-order valence-corrected chi connectivity index (χ2v) is 11.5. The number of carbonyl (C=O) groups excluding carboxylic acids is 1. The number of aromatic nitrogens is 2. The van der Waals surface area contributed by atoms with E-state index in [1.165, 1.54) is 24.2 Å². The zero-order chi connectivity index (χ0) is 25.5. The monoisotopic (exact) mass is 524 g/mol. The Hall–Kier alpha value is -2.82. The number of thiophene rings is 1. The van der Waals surface area contributed by atoms with Crippen LogP contribution >= 0.6 is 11.3 Å². The number of hydrogen-bond donors (Lipinski definition) is 1. The summed E-state index contributed by atoms with van der Waals surface area (Å²) in [5.74, 6) is 0.665. The van der Waals surface area contributed by atoms with Gasteiger partial charge in [0.25, 0.3) is 5.91 Å². The maximum atomic E-state index is 15.2. The van der Waals surface area contributed by atoms with Gasteiger partial charge < -0.3 is 19.9 Å². The van der Waals surface area contributed by atoms with Crippen molar-refractivity contribution in [1.29, 1.82) is 0 Å². The van der Waals surface area contributed by atoms with Crippen LogP contribution < -0.4 is 10.2 Å². The summed E-state index contributed by atoms with van der Waals surface area (Å²) in [5.41, 5.74) is 1.90. The second-order valence-electron chi connectivity index (χ2n) is 10.5. The Morgan fingerprint density at radius 2 is 2.00 bits per heavy atom. The third-order valence-corrected chi connectivity index (χ3v) is 9.00. The minimum Gasteiger partial charge on any atom is -0.378 e. The van der Waals surface area contributed by atoms with Crippen molar-refractivity contribution in [2.45, 2.75) is 37.6 Å². The van der Waals surface area contributed by atoms with E-state index in [4.69, 9.17) is 4.74 Å². The highest BCUT2D eigenvalue weighted by Gasteiger charge is 2.31. The van der Waals surface area contributed by atoms with Gasteiger partial charge in [0.05, 0.1) is 40.7 Å². The minimum absolute atomic E-state index is 0.0292. The van der Waals surface area contributed by atoms with Crippen molar-refractivity contribution in [3.63, 3.8) is 0 Å². The summed E-state index contributed by atoms with van der Waals surface area (Å²) in [6.07, 6.45) is 8.04. The molecule has 0 bridgehead atoms. The molecule has 0 radical (unpaired) electrons. The summed E-state index contributed by atoms with van der Waals surface area (Å²) in [5, 5.41) is 4.12. The van der Waals surface area contributed by atoms with Crippen molar-refractivity contribution in [2.24, 2.45) is 0 Å². The van der Waals surface area contributed by atoms with Gasteiger partial charge in [-0.2, -0.15) is 0 Å². The van der Waals surface area contributed by atoms with Crippen LogP contribution in [0.25, 0.3) is 10.1 Å². The molecule has 3 fully saturated rings. The summed E-state index contributed by atoms with van der Waals surface area (Å²) < 4.78 is 21.8. The molecule has 2 saturated heterocycles. The molecule has 37 heavy (non-hydrogen) atoms. The predicted octanol–water partition coefficient (Wildman–Crippen LogP) is 4.45. The molecule has 2 aliphatic heterocycles. The quantitative estimate of drug-likeness (QED) is 0.529. The molecular weight excluding hydrogens is 491 g/mol. The van der Waals surface area contributed by atoms with Crippen LogP contribution in [0.4, 0.5) is 21.7 Å². The minimum atomic E-state index is -0.411. The van der Waals surface area contributed by atoms with Gasteiger partial charge in [0.15, 0.2) is 11.6 Å². The zero-order valence-electron chi connectivity index (χ0n) is 21.4. The summed E-state index contributed by atoms with van der Waals surface area (Å²) >= 11 is 1.50. The van der Waals surface area contributed by atoms with Gasteiger partial charge in [0.2, 0.25) is 0 Å². The molecule has 1 aliphatic carbocycles. The Balaban J connectivity index is 1.25. The van der Waals surface area contributed by atoms with E-state index < -0.39 is 5.82 Å². The van der Waals surface area contributed by atoms with E-state index in [0.29, 0.717) is 24.4 Å². The number of piperazine rings is 1. The number of anilines is 3. The molecular formula is C27H33FN6O2S. The van der Waals surface area contributed by atoms with Gasteiger partial charge in [0, 0.05) is 57.9 Å². The van der Waals surface area contributed by atoms with Crippen molar-refractivity contribution >= 4 is 44.7 Å². The molecule has 1 unspecified atom stereocenters. The molecule has 3 aromatic heterocycles. The number of nitrogens with zero attached hydrogens (tertiary/aromatic N) is 5. The van der Waals surface area contributed by atoms with Crippen LogP contribution in [0.2, 0.25) is 0 Å². The fourth-order valence-electron chi connectivity index (χ4n) is 5.87. The van der Waals surface area contributed by atoms with Crippen molar-refractivity contribution < 1.29 is 13.9 Å². The van der Waals surface area contributed by atoms with Crippen molar-refractivity contribution in [2.75, 3.05) is 63.7 Å². The number of carbonyl (C=O) groups is 1. The summed E-state index contributed by atoms with van der Waals surface area (Å²) in [7, 11) is 3.58. The van der Waals surface area contributed by atoms with E-state index in [1.54, 1.807) is 37.5 Å². The predicted molar refractivity (Wildman–Crippen MR) is 145 cm³/mol. The molecule has 10 heteroatoms. The first-order valence-corrected chi connectivity index (χ1v) is 13.9. The fourth-order valence-corrected chi connectivity index (χ4v) is 7.13. The first-order valence-electron chi connectivity index (χ1n) is 13.1. The standard InChI is InChI=1S/C27H33FN6O2S/c1-32(2)27(35)25-24(17-5-3-4-6-17)20-12-23(29-14-22(20)37-25)31-26-21(28)11-18(13-30-26)34-8-7-33-9-10-36-16-19(33)15-34/h11-14,17,19H,3-10,15-16H2,1-2H3,(H,29,30,31). The van der Waals surface area contributed by atoms with Crippen LogP contribution in [0.3, 0.4) is 0 Å². The number of rotatable bonds is 5. The average Bonchev–Trinajstić information content (AvgIpc) is 3.56. The van der Waals surface area contributed by atoms with Crippen molar-refractivity contribution in [3.05, 3.63) is 40.8 Å². The number of pyridine rings is 2. The van der Waals surface area contributed by atoms with E-state index in [0.717, 1.165) is 71.8 Å². The van der Waals surface area contributed by atoms with Gasteiger partial charge in [0.1, 0.15) is 5.82 Å². The molecule has 8 nitrogen and oxygen atoms in total. The molecule has 1 atom stereocenters. The van der Waals surface area contributed by atoms with Gasteiger partial charge in [-0.05, 0) is 30.4 Å². The fraction of sp³-hybridized carbons (Fsp3) is 0.519. The number of halogens is 1. The molecule has 196 valence electrons. The lowest BCUT2D eigenvalue weighted by atomic mass is 9.94. The third kappa shape index (κ3) is 4.78. The Morgan fingerprint density at radius 3 is 2.78 bits per heavy atom. The van der Waals surface area contributed by atoms with Crippen LogP contribution in [0.5, 0.6) is 0 Å². The molecule has 3 aliphatic rings. The summed E-state index contributed by atoms with van der Waals surface area (Å²) in [6, 6.07) is 3.84. The Bertz CT molecular complexity index is 1310. The SMILES string of the molecule is CN(C)C(=O)c1sc2cnc(Nc3ncc(N4CCN5CCOCC5C4)cc3F)cc2c1C1CCCC1. The highest BCUT2D eigenvalue weighted by atomic mass is 32.1. The van der Waals surface area contributed by atoms with Gasteiger partial charge in [-0.25, -0.2) is 14.4 Å². The number of amides is 1. The van der Waals surface area contributed by atoms with Crippen LogP contribution in [0.1, 0.15) is 46.8 Å². The largest absolute Gasteiger partial charge is 0.378 e. The second kappa shape index (κ2) is 10.2. The molecule has 0 spiro atoms. The number of ether oxygens (including phenoxy) is 1. The van der Waals surface area contributed by atoms with E-state index in [2.05, 4.69) is 25.1 Å². The lowest BCUT2D eigenvalue weighted by Crippen LogP contribution is -2.58. The molecule has 3 aromatic rings. The Morgan fingerprint density at radius 1 is 1.16 bits per heavy atom. The number of fused-ring (bicyclic) bond motifs is 2. The van der Waals surface area contributed by atoms with E-state index >= 15 is 4.39 Å². The number of nitrogens with one attached hydrogen (secondary N) is 1.